The number of halogens is 1. The number of carbonyl (C=O) groups excluding carboxylic acids is 2. The number of nitrogens with zero attached hydrogens (tertiary/aromatic N) is 1. The van der Waals surface area contributed by atoms with Crippen LogP contribution in [-0.2, 0) is 4.79 Å². The van der Waals surface area contributed by atoms with Crippen LogP contribution in [0.4, 0.5) is 5.69 Å². The van der Waals surface area contributed by atoms with Crippen LogP contribution < -0.4 is 15.4 Å². The van der Waals surface area contributed by atoms with Crippen molar-refractivity contribution < 1.29 is 14.3 Å². The van der Waals surface area contributed by atoms with Gasteiger partial charge in [0.1, 0.15) is 5.75 Å². The second kappa shape index (κ2) is 10.3. The van der Waals surface area contributed by atoms with E-state index in [1.54, 1.807) is 19.1 Å². The van der Waals surface area contributed by atoms with E-state index < -0.39 is 0 Å². The lowest BCUT2D eigenvalue weighted by atomic mass is 9.89. The Hall–Kier alpha value is -1.79. The Morgan fingerprint density at radius 1 is 1.21 bits per heavy atom. The van der Waals surface area contributed by atoms with Crippen LogP contribution in [0.2, 0.25) is 5.02 Å². The van der Waals surface area contributed by atoms with E-state index in [1.807, 2.05) is 0 Å². The first-order chi connectivity index (χ1) is 14.0. The van der Waals surface area contributed by atoms with E-state index in [-0.39, 0.29) is 17.9 Å². The summed E-state index contributed by atoms with van der Waals surface area (Å²) in [6, 6.07) is 3.30. The van der Waals surface area contributed by atoms with Crippen molar-refractivity contribution in [2.45, 2.75) is 57.9 Å². The van der Waals surface area contributed by atoms with Gasteiger partial charge in [-0.15, -0.1) is 0 Å². The molecule has 1 heterocycles. The maximum Gasteiger partial charge on any atom is 0.255 e. The van der Waals surface area contributed by atoms with E-state index in [0.717, 1.165) is 32.0 Å². The molecule has 0 unspecified atom stereocenters. The van der Waals surface area contributed by atoms with Gasteiger partial charge in [-0.25, -0.2) is 0 Å². The summed E-state index contributed by atoms with van der Waals surface area (Å²) in [5, 5.41) is 6.18. The van der Waals surface area contributed by atoms with Crippen molar-refractivity contribution in [1.29, 1.82) is 0 Å². The summed E-state index contributed by atoms with van der Waals surface area (Å²) in [7, 11) is 1.51. The Kier molecular flexibility index (Phi) is 7.78. The Bertz CT molecular complexity index is 734. The number of anilines is 1. The molecule has 7 heteroatoms. The molecule has 1 saturated carbocycles. The van der Waals surface area contributed by atoms with E-state index >= 15 is 0 Å². The molecule has 1 aliphatic carbocycles. The van der Waals surface area contributed by atoms with E-state index in [1.165, 1.54) is 39.2 Å². The summed E-state index contributed by atoms with van der Waals surface area (Å²) in [6.45, 7) is 4.83. The molecule has 2 N–H and O–H groups in total. The van der Waals surface area contributed by atoms with Gasteiger partial charge >= 0.3 is 0 Å². The van der Waals surface area contributed by atoms with E-state index in [9.17, 15) is 9.59 Å². The number of rotatable bonds is 7. The van der Waals surface area contributed by atoms with Crippen LogP contribution in [0.15, 0.2) is 12.1 Å². The zero-order valence-electron chi connectivity index (χ0n) is 17.4. The Labute approximate surface area is 178 Å². The van der Waals surface area contributed by atoms with Crippen LogP contribution in [0.25, 0.3) is 0 Å². The Morgan fingerprint density at radius 2 is 1.97 bits per heavy atom. The quantitative estimate of drug-likeness (QED) is 0.695. The second-order valence-electron chi connectivity index (χ2n) is 8.16. The second-order valence-corrected chi connectivity index (χ2v) is 8.56. The van der Waals surface area contributed by atoms with Crippen molar-refractivity contribution in [2.75, 3.05) is 32.1 Å². The van der Waals surface area contributed by atoms with Crippen LogP contribution in [-0.4, -0.2) is 49.5 Å². The van der Waals surface area contributed by atoms with Crippen LogP contribution in [0.1, 0.15) is 62.2 Å². The van der Waals surface area contributed by atoms with E-state index in [4.69, 9.17) is 16.3 Å². The molecule has 29 heavy (non-hydrogen) atoms. The minimum absolute atomic E-state index is 0.133. The number of hydrogen-bond acceptors (Lipinski definition) is 4. The van der Waals surface area contributed by atoms with Gasteiger partial charge in [-0.05, 0) is 31.2 Å². The number of ether oxygens (including phenoxy) is 1. The SMILES string of the molecule is CCC(=O)Nc1cc(OC)c(C(=O)N[C@H]2CCN(CC3CCCCC3)C2)cc1Cl. The predicted octanol–water partition coefficient (Wildman–Crippen LogP) is 4.08. The maximum absolute atomic E-state index is 12.9. The number of carbonyl (C=O) groups is 2. The fourth-order valence-electron chi connectivity index (χ4n) is 4.35. The van der Waals surface area contributed by atoms with Gasteiger partial charge in [0.05, 0.1) is 23.4 Å². The predicted molar refractivity (Wildman–Crippen MR) is 116 cm³/mol. The number of likely N-dealkylation sites (tertiary alicyclic amines) is 1. The summed E-state index contributed by atoms with van der Waals surface area (Å²) in [5.74, 6) is 0.871. The topological polar surface area (TPSA) is 70.7 Å². The molecule has 1 aliphatic heterocycles. The van der Waals surface area contributed by atoms with Gasteiger partial charge in [-0.1, -0.05) is 37.8 Å². The zero-order valence-corrected chi connectivity index (χ0v) is 18.2. The number of hydrogen-bond donors (Lipinski definition) is 2. The minimum atomic E-state index is -0.193. The van der Waals surface area contributed by atoms with E-state index in [0.29, 0.717) is 28.4 Å². The minimum Gasteiger partial charge on any atom is -0.496 e. The van der Waals surface area contributed by atoms with Gasteiger partial charge in [-0.2, -0.15) is 0 Å². The molecule has 3 rings (SSSR count). The Morgan fingerprint density at radius 3 is 2.66 bits per heavy atom. The van der Waals surface area contributed by atoms with Crippen molar-refractivity contribution in [3.8, 4) is 5.75 Å². The van der Waals surface area contributed by atoms with E-state index in [2.05, 4.69) is 15.5 Å². The third-order valence-electron chi connectivity index (χ3n) is 5.98. The molecule has 0 bridgehead atoms. The summed E-state index contributed by atoms with van der Waals surface area (Å²) in [4.78, 5) is 27.0. The third-order valence-corrected chi connectivity index (χ3v) is 6.29. The molecule has 0 spiro atoms. The molecular weight excluding hydrogens is 390 g/mol. The zero-order chi connectivity index (χ0) is 20.8. The largest absolute Gasteiger partial charge is 0.496 e. The van der Waals surface area contributed by atoms with Gasteiger partial charge in [0, 0.05) is 38.2 Å². The first-order valence-corrected chi connectivity index (χ1v) is 11.1. The van der Waals surface area contributed by atoms with Crippen LogP contribution in [0.5, 0.6) is 5.75 Å². The van der Waals surface area contributed by atoms with Crippen LogP contribution >= 0.6 is 11.6 Å². The highest BCUT2D eigenvalue weighted by Gasteiger charge is 2.27. The Balaban J connectivity index is 1.60. The lowest BCUT2D eigenvalue weighted by Gasteiger charge is -2.26. The third kappa shape index (κ3) is 5.86. The van der Waals surface area contributed by atoms with Crippen molar-refractivity contribution in [2.24, 2.45) is 5.92 Å². The number of amides is 2. The standard InChI is InChI=1S/C22H32ClN3O3/c1-3-21(27)25-19-12-20(29-2)17(11-18(19)23)22(28)24-16-9-10-26(14-16)13-15-7-5-4-6-8-15/h11-12,15-16H,3-10,13-14H2,1-2H3,(H,24,28)(H,25,27)/t16-/m0/s1. The molecule has 0 radical (unpaired) electrons. The summed E-state index contributed by atoms with van der Waals surface area (Å²) < 4.78 is 5.38. The molecule has 160 valence electrons. The fraction of sp³-hybridized carbons (Fsp3) is 0.636. The van der Waals surface area contributed by atoms with Gasteiger partial charge in [0.2, 0.25) is 5.91 Å². The fourth-order valence-corrected chi connectivity index (χ4v) is 4.56. The molecule has 2 fully saturated rings. The van der Waals surface area contributed by atoms with Crippen molar-refractivity contribution in [1.82, 2.24) is 10.2 Å². The highest BCUT2D eigenvalue weighted by atomic mass is 35.5. The molecule has 2 aliphatic rings. The first-order valence-electron chi connectivity index (χ1n) is 10.7. The maximum atomic E-state index is 12.9. The smallest absolute Gasteiger partial charge is 0.255 e. The summed E-state index contributed by atoms with van der Waals surface area (Å²) in [6.07, 6.45) is 8.07. The van der Waals surface area contributed by atoms with Crippen molar-refractivity contribution in [3.05, 3.63) is 22.7 Å². The van der Waals surface area contributed by atoms with Crippen LogP contribution in [0.3, 0.4) is 0 Å². The summed E-state index contributed by atoms with van der Waals surface area (Å²) in [5.41, 5.74) is 0.837. The molecule has 1 aromatic rings. The van der Waals surface area contributed by atoms with Crippen molar-refractivity contribution >= 4 is 29.1 Å². The van der Waals surface area contributed by atoms with Gasteiger partial charge in [0.25, 0.3) is 5.91 Å². The molecular formula is C22H32ClN3O3. The average molecular weight is 422 g/mol. The van der Waals surface area contributed by atoms with Gasteiger partial charge in [-0.3, -0.25) is 9.59 Å². The number of methoxy groups -OCH3 is 1. The number of benzene rings is 1. The molecule has 0 aromatic heterocycles. The molecule has 1 atom stereocenters. The normalized spacial score (nSPS) is 20.4. The summed E-state index contributed by atoms with van der Waals surface area (Å²) >= 11 is 6.29. The molecule has 2 amide bonds. The molecule has 1 aromatic carbocycles. The monoisotopic (exact) mass is 421 g/mol. The average Bonchev–Trinajstić information content (AvgIpc) is 3.16. The molecule has 6 nitrogen and oxygen atoms in total. The van der Waals surface area contributed by atoms with Crippen LogP contribution in [0, 0.1) is 5.92 Å². The lowest BCUT2D eigenvalue weighted by Crippen LogP contribution is -2.38. The number of nitrogens with one attached hydrogen (secondary N) is 2. The van der Waals surface area contributed by atoms with Crippen molar-refractivity contribution in [3.63, 3.8) is 0 Å². The first kappa shape index (κ1) is 21.9. The lowest BCUT2D eigenvalue weighted by molar-refractivity contribution is -0.115. The highest BCUT2D eigenvalue weighted by molar-refractivity contribution is 6.34. The van der Waals surface area contributed by atoms with Gasteiger partial charge < -0.3 is 20.3 Å². The molecule has 1 saturated heterocycles. The highest BCUT2D eigenvalue weighted by Crippen LogP contribution is 2.31. The van der Waals surface area contributed by atoms with Gasteiger partial charge in [0.15, 0.2) is 0 Å².